The van der Waals surface area contributed by atoms with Gasteiger partial charge in [0.1, 0.15) is 5.66 Å². The molecule has 114 valence electrons. The van der Waals surface area contributed by atoms with Crippen molar-refractivity contribution in [2.75, 3.05) is 17.2 Å². The molecule has 0 radical (unpaired) electrons. The highest BCUT2D eigenvalue weighted by atomic mass is 16.5. The van der Waals surface area contributed by atoms with E-state index in [1.54, 1.807) is 0 Å². The summed E-state index contributed by atoms with van der Waals surface area (Å²) in [6.45, 7) is 2.29. The number of anilines is 2. The molecule has 4 heteroatoms. The van der Waals surface area contributed by atoms with E-state index in [9.17, 15) is 4.79 Å². The summed E-state index contributed by atoms with van der Waals surface area (Å²) in [4.78, 5) is 12.4. The van der Waals surface area contributed by atoms with Crippen LogP contribution in [0.4, 0.5) is 11.4 Å². The zero-order valence-corrected chi connectivity index (χ0v) is 12.7. The molecule has 1 aliphatic carbocycles. The number of carbonyl (C=O) groups excluding carboxylic acids is 1. The lowest BCUT2D eigenvalue weighted by Gasteiger charge is -2.42. The molecule has 1 spiro atoms. The van der Waals surface area contributed by atoms with E-state index in [0.717, 1.165) is 30.6 Å². The predicted octanol–water partition coefficient (Wildman–Crippen LogP) is 3.74. The third-order valence-corrected chi connectivity index (χ3v) is 4.85. The predicted molar refractivity (Wildman–Crippen MR) is 87.9 cm³/mol. The number of hydrogen-bond acceptors (Lipinski definition) is 4. The third kappa shape index (κ3) is 1.86. The van der Waals surface area contributed by atoms with Crippen LogP contribution in [-0.2, 0) is 9.53 Å². The van der Waals surface area contributed by atoms with Crippen LogP contribution in [-0.4, -0.2) is 18.2 Å². The summed E-state index contributed by atoms with van der Waals surface area (Å²) >= 11 is 0. The Labute approximate surface area is 129 Å². The van der Waals surface area contributed by atoms with Crippen LogP contribution in [0.3, 0.4) is 0 Å². The van der Waals surface area contributed by atoms with Crippen LogP contribution in [0.5, 0.6) is 0 Å². The SMILES string of the molecule is CCOC(=O)[C@H]1CCCC12Nc1cccc3cccc(c13)N2. The number of rotatable bonds is 2. The maximum Gasteiger partial charge on any atom is 0.313 e. The van der Waals surface area contributed by atoms with E-state index in [4.69, 9.17) is 4.74 Å². The number of esters is 1. The van der Waals surface area contributed by atoms with Crippen molar-refractivity contribution in [3.05, 3.63) is 36.4 Å². The van der Waals surface area contributed by atoms with Gasteiger partial charge in [0.15, 0.2) is 0 Å². The maximum atomic E-state index is 12.4. The summed E-state index contributed by atoms with van der Waals surface area (Å²) in [5, 5.41) is 9.63. The van der Waals surface area contributed by atoms with Crippen LogP contribution in [0.25, 0.3) is 10.8 Å². The molecular weight excluding hydrogens is 276 g/mol. The van der Waals surface area contributed by atoms with Crippen molar-refractivity contribution < 1.29 is 9.53 Å². The van der Waals surface area contributed by atoms with Gasteiger partial charge in [0.2, 0.25) is 0 Å². The van der Waals surface area contributed by atoms with Gasteiger partial charge in [0.25, 0.3) is 0 Å². The molecule has 0 aromatic heterocycles. The van der Waals surface area contributed by atoms with Crippen LogP contribution >= 0.6 is 0 Å². The van der Waals surface area contributed by atoms with Crippen molar-refractivity contribution in [1.29, 1.82) is 0 Å². The molecule has 1 heterocycles. The summed E-state index contributed by atoms with van der Waals surface area (Å²) in [6, 6.07) is 12.5. The fourth-order valence-electron chi connectivity index (χ4n) is 3.93. The summed E-state index contributed by atoms with van der Waals surface area (Å²) in [6.07, 6.45) is 2.79. The largest absolute Gasteiger partial charge is 0.466 e. The molecule has 1 saturated carbocycles. The van der Waals surface area contributed by atoms with Gasteiger partial charge < -0.3 is 15.4 Å². The molecule has 4 nitrogen and oxygen atoms in total. The average Bonchev–Trinajstić information content (AvgIpc) is 2.90. The Balaban J connectivity index is 1.78. The highest BCUT2D eigenvalue weighted by molar-refractivity contribution is 6.05. The van der Waals surface area contributed by atoms with Crippen LogP contribution in [0, 0.1) is 5.92 Å². The zero-order valence-electron chi connectivity index (χ0n) is 12.7. The third-order valence-electron chi connectivity index (χ3n) is 4.85. The fraction of sp³-hybridized carbons (Fsp3) is 0.389. The van der Waals surface area contributed by atoms with Crippen LogP contribution < -0.4 is 10.6 Å². The average molecular weight is 296 g/mol. The Morgan fingerprint density at radius 3 is 2.55 bits per heavy atom. The van der Waals surface area contributed by atoms with Gasteiger partial charge in [0, 0.05) is 16.8 Å². The quantitative estimate of drug-likeness (QED) is 0.829. The van der Waals surface area contributed by atoms with Crippen LogP contribution in [0.15, 0.2) is 36.4 Å². The van der Waals surface area contributed by atoms with Crippen molar-refractivity contribution >= 4 is 28.1 Å². The van der Waals surface area contributed by atoms with Crippen molar-refractivity contribution in [1.82, 2.24) is 0 Å². The minimum absolute atomic E-state index is 0.105. The minimum atomic E-state index is -0.422. The summed E-state index contributed by atoms with van der Waals surface area (Å²) in [5.74, 6) is -0.261. The molecule has 1 fully saturated rings. The second-order valence-corrected chi connectivity index (χ2v) is 6.13. The van der Waals surface area contributed by atoms with Gasteiger partial charge in [-0.15, -0.1) is 0 Å². The van der Waals surface area contributed by atoms with Gasteiger partial charge in [-0.1, -0.05) is 24.3 Å². The van der Waals surface area contributed by atoms with Gasteiger partial charge in [0.05, 0.1) is 12.5 Å². The first-order valence-electron chi connectivity index (χ1n) is 7.98. The van der Waals surface area contributed by atoms with Crippen molar-refractivity contribution in [2.45, 2.75) is 31.8 Å². The minimum Gasteiger partial charge on any atom is -0.466 e. The van der Waals surface area contributed by atoms with Crippen molar-refractivity contribution in [3.63, 3.8) is 0 Å². The second kappa shape index (κ2) is 4.90. The topological polar surface area (TPSA) is 50.4 Å². The van der Waals surface area contributed by atoms with Gasteiger partial charge in [-0.25, -0.2) is 0 Å². The Kier molecular flexibility index (Phi) is 2.99. The molecular formula is C18H20N2O2. The first-order chi connectivity index (χ1) is 10.7. The zero-order chi connectivity index (χ0) is 15.2. The molecule has 2 aliphatic rings. The number of benzene rings is 2. The Bertz CT molecular complexity index is 700. The number of ether oxygens (including phenoxy) is 1. The molecule has 0 bridgehead atoms. The lowest BCUT2D eigenvalue weighted by atomic mass is 9.91. The molecule has 2 N–H and O–H groups in total. The monoisotopic (exact) mass is 296 g/mol. The second-order valence-electron chi connectivity index (χ2n) is 6.13. The van der Waals surface area contributed by atoms with E-state index in [2.05, 4.69) is 47.0 Å². The summed E-state index contributed by atoms with van der Waals surface area (Å²) in [7, 11) is 0. The molecule has 0 unspecified atom stereocenters. The van der Waals surface area contributed by atoms with Gasteiger partial charge in [-0.05, 0) is 43.7 Å². The maximum absolute atomic E-state index is 12.4. The van der Waals surface area contributed by atoms with Crippen molar-refractivity contribution in [3.8, 4) is 0 Å². The van der Waals surface area contributed by atoms with Gasteiger partial charge in [-0.3, -0.25) is 4.79 Å². The molecule has 0 amide bonds. The van der Waals surface area contributed by atoms with Crippen LogP contribution in [0.2, 0.25) is 0 Å². The molecule has 1 atom stereocenters. The van der Waals surface area contributed by atoms with E-state index in [-0.39, 0.29) is 11.9 Å². The fourth-order valence-corrected chi connectivity index (χ4v) is 3.93. The Morgan fingerprint density at radius 1 is 1.23 bits per heavy atom. The van der Waals surface area contributed by atoms with E-state index in [1.807, 2.05) is 6.92 Å². The summed E-state index contributed by atoms with van der Waals surface area (Å²) < 4.78 is 5.30. The van der Waals surface area contributed by atoms with Crippen LogP contribution in [0.1, 0.15) is 26.2 Å². The molecule has 1 aliphatic heterocycles. The molecule has 4 rings (SSSR count). The lowest BCUT2D eigenvalue weighted by Crippen LogP contribution is -2.53. The normalized spacial score (nSPS) is 21.4. The molecule has 0 saturated heterocycles. The van der Waals surface area contributed by atoms with E-state index in [0.29, 0.717) is 6.61 Å². The Hall–Kier alpha value is -2.23. The molecule has 2 aromatic carbocycles. The first kappa shape index (κ1) is 13.4. The van der Waals surface area contributed by atoms with E-state index in [1.165, 1.54) is 10.8 Å². The number of hydrogen-bond donors (Lipinski definition) is 2. The number of nitrogens with one attached hydrogen (secondary N) is 2. The standard InChI is InChI=1S/C18H20N2O2/c1-2-22-17(21)13-8-5-11-18(13)19-14-9-3-6-12-7-4-10-15(20-18)16(12)14/h3-4,6-7,9-10,13,19-20H,2,5,8,11H2,1H3/t13-/m1/s1. The van der Waals surface area contributed by atoms with Gasteiger partial charge in [-0.2, -0.15) is 0 Å². The molecule has 2 aromatic rings. The van der Waals surface area contributed by atoms with E-state index >= 15 is 0 Å². The number of carbonyl (C=O) groups is 1. The Morgan fingerprint density at radius 2 is 1.91 bits per heavy atom. The molecule has 22 heavy (non-hydrogen) atoms. The first-order valence-corrected chi connectivity index (χ1v) is 7.98. The summed E-state index contributed by atoms with van der Waals surface area (Å²) in [5.41, 5.74) is 1.78. The van der Waals surface area contributed by atoms with Crippen molar-refractivity contribution in [2.24, 2.45) is 5.92 Å². The smallest absolute Gasteiger partial charge is 0.313 e. The van der Waals surface area contributed by atoms with Gasteiger partial charge >= 0.3 is 5.97 Å². The highest BCUT2D eigenvalue weighted by Crippen LogP contribution is 2.46. The van der Waals surface area contributed by atoms with E-state index < -0.39 is 5.66 Å². The lowest BCUT2D eigenvalue weighted by molar-refractivity contribution is -0.149. The highest BCUT2D eigenvalue weighted by Gasteiger charge is 2.49.